The molecule has 2 atom stereocenters. The van der Waals surface area contributed by atoms with Gasteiger partial charge in [-0.1, -0.05) is 26.0 Å². The molecule has 0 aliphatic rings. The van der Waals surface area contributed by atoms with E-state index in [-0.39, 0.29) is 23.7 Å². The highest BCUT2D eigenvalue weighted by molar-refractivity contribution is 5.78. The van der Waals surface area contributed by atoms with Crippen LogP contribution in [0.2, 0.25) is 0 Å². The molecular weight excluding hydrogens is 231 g/mol. The number of nitrogens with one attached hydrogen (secondary N) is 2. The van der Waals surface area contributed by atoms with Gasteiger partial charge in [0, 0.05) is 12.5 Å². The van der Waals surface area contributed by atoms with E-state index in [4.69, 9.17) is 0 Å². The maximum atomic E-state index is 13.1. The lowest BCUT2D eigenvalue weighted by Crippen LogP contribution is -2.36. The number of benzene rings is 1. The molecule has 100 valence electrons. The minimum atomic E-state index is -0.283. The topological polar surface area (TPSA) is 41.1 Å². The first-order valence-corrected chi connectivity index (χ1v) is 6.31. The zero-order chi connectivity index (χ0) is 13.5. The third-order valence-corrected chi connectivity index (χ3v) is 2.86. The molecular formula is C14H21FN2O. The smallest absolute Gasteiger partial charge is 0.224 e. The van der Waals surface area contributed by atoms with Gasteiger partial charge in [0.2, 0.25) is 5.91 Å². The molecule has 1 unspecified atom stereocenters. The second-order valence-corrected chi connectivity index (χ2v) is 4.49. The molecule has 3 nitrogen and oxygen atoms in total. The van der Waals surface area contributed by atoms with Crippen LogP contribution in [0.25, 0.3) is 0 Å². The van der Waals surface area contributed by atoms with Crippen molar-refractivity contribution in [3.8, 4) is 0 Å². The van der Waals surface area contributed by atoms with Crippen LogP contribution in [0.1, 0.15) is 32.4 Å². The zero-order valence-corrected chi connectivity index (χ0v) is 11.2. The van der Waals surface area contributed by atoms with E-state index < -0.39 is 0 Å². The van der Waals surface area contributed by atoms with E-state index in [1.54, 1.807) is 6.07 Å². The van der Waals surface area contributed by atoms with Crippen molar-refractivity contribution in [1.29, 1.82) is 0 Å². The van der Waals surface area contributed by atoms with Gasteiger partial charge in [0.1, 0.15) is 5.82 Å². The summed E-state index contributed by atoms with van der Waals surface area (Å²) in [5, 5.41) is 6.02. The molecule has 0 aromatic heterocycles. The van der Waals surface area contributed by atoms with E-state index in [1.807, 2.05) is 26.8 Å². The van der Waals surface area contributed by atoms with Crippen LogP contribution in [-0.2, 0) is 4.79 Å². The molecule has 0 aliphatic heterocycles. The fraction of sp³-hybridized carbons (Fsp3) is 0.500. The van der Waals surface area contributed by atoms with Gasteiger partial charge in [0.25, 0.3) is 0 Å². The fourth-order valence-electron chi connectivity index (χ4n) is 1.67. The second-order valence-electron chi connectivity index (χ2n) is 4.49. The van der Waals surface area contributed by atoms with E-state index in [1.165, 1.54) is 12.1 Å². The molecule has 0 aliphatic carbocycles. The van der Waals surface area contributed by atoms with Crippen LogP contribution in [0.4, 0.5) is 4.39 Å². The Balaban J connectivity index is 2.54. The molecule has 0 radical (unpaired) electrons. The monoisotopic (exact) mass is 252 g/mol. The number of hydrogen-bond acceptors (Lipinski definition) is 2. The van der Waals surface area contributed by atoms with Crippen molar-refractivity contribution in [2.45, 2.75) is 26.8 Å². The van der Waals surface area contributed by atoms with Gasteiger partial charge >= 0.3 is 0 Å². The van der Waals surface area contributed by atoms with Gasteiger partial charge in [-0.25, -0.2) is 4.39 Å². The average Bonchev–Trinajstić information content (AvgIpc) is 2.35. The molecule has 0 spiro atoms. The lowest BCUT2D eigenvalue weighted by molar-refractivity contribution is -0.125. The van der Waals surface area contributed by atoms with Crippen LogP contribution < -0.4 is 10.6 Å². The van der Waals surface area contributed by atoms with Crippen molar-refractivity contribution in [3.63, 3.8) is 0 Å². The van der Waals surface area contributed by atoms with Crippen molar-refractivity contribution >= 4 is 5.91 Å². The molecule has 0 bridgehead atoms. The summed E-state index contributed by atoms with van der Waals surface area (Å²) in [7, 11) is 0. The lowest BCUT2D eigenvalue weighted by Gasteiger charge is -2.18. The molecule has 1 aromatic carbocycles. The highest BCUT2D eigenvalue weighted by Crippen LogP contribution is 2.13. The SMILES string of the molecule is CCNCC(C)C(=O)N[C@H](C)c1cccc(F)c1. The van der Waals surface area contributed by atoms with Crippen LogP contribution in [0, 0.1) is 11.7 Å². The summed E-state index contributed by atoms with van der Waals surface area (Å²) in [6, 6.07) is 6.11. The average molecular weight is 252 g/mol. The fourth-order valence-corrected chi connectivity index (χ4v) is 1.67. The normalized spacial score (nSPS) is 14.0. The lowest BCUT2D eigenvalue weighted by atomic mass is 10.1. The predicted octanol–water partition coefficient (Wildman–Crippen LogP) is 2.25. The van der Waals surface area contributed by atoms with E-state index in [9.17, 15) is 9.18 Å². The van der Waals surface area contributed by atoms with Crippen LogP contribution in [0.3, 0.4) is 0 Å². The van der Waals surface area contributed by atoms with Crippen LogP contribution in [0.5, 0.6) is 0 Å². The summed E-state index contributed by atoms with van der Waals surface area (Å²) in [5.74, 6) is -0.400. The van der Waals surface area contributed by atoms with Gasteiger partial charge in [-0.2, -0.15) is 0 Å². The number of halogens is 1. The van der Waals surface area contributed by atoms with Crippen molar-refractivity contribution in [2.75, 3.05) is 13.1 Å². The number of carbonyl (C=O) groups excluding carboxylic acids is 1. The third-order valence-electron chi connectivity index (χ3n) is 2.86. The zero-order valence-electron chi connectivity index (χ0n) is 11.2. The summed E-state index contributed by atoms with van der Waals surface area (Å²) in [5.41, 5.74) is 0.777. The van der Waals surface area contributed by atoms with Gasteiger partial charge in [0.15, 0.2) is 0 Å². The van der Waals surface area contributed by atoms with Crippen molar-refractivity contribution < 1.29 is 9.18 Å². The van der Waals surface area contributed by atoms with E-state index in [0.717, 1.165) is 12.1 Å². The highest BCUT2D eigenvalue weighted by Gasteiger charge is 2.15. The first kappa shape index (κ1) is 14.6. The molecule has 0 heterocycles. The summed E-state index contributed by atoms with van der Waals surface area (Å²) in [6.07, 6.45) is 0. The Morgan fingerprint density at radius 1 is 1.39 bits per heavy atom. The molecule has 1 amide bonds. The maximum Gasteiger partial charge on any atom is 0.224 e. The molecule has 0 saturated heterocycles. The summed E-state index contributed by atoms with van der Waals surface area (Å²) in [4.78, 5) is 11.9. The van der Waals surface area contributed by atoms with Gasteiger partial charge in [-0.15, -0.1) is 0 Å². The van der Waals surface area contributed by atoms with E-state index in [0.29, 0.717) is 6.54 Å². The van der Waals surface area contributed by atoms with Crippen LogP contribution in [0.15, 0.2) is 24.3 Å². The Morgan fingerprint density at radius 2 is 2.11 bits per heavy atom. The molecule has 0 fully saturated rings. The minimum Gasteiger partial charge on any atom is -0.349 e. The van der Waals surface area contributed by atoms with Gasteiger partial charge in [0.05, 0.1) is 6.04 Å². The van der Waals surface area contributed by atoms with Crippen molar-refractivity contribution in [3.05, 3.63) is 35.6 Å². The van der Waals surface area contributed by atoms with Crippen LogP contribution in [-0.4, -0.2) is 19.0 Å². The Labute approximate surface area is 108 Å². The number of amides is 1. The third kappa shape index (κ3) is 4.45. The Hall–Kier alpha value is -1.42. The summed E-state index contributed by atoms with van der Waals surface area (Å²) in [6.45, 7) is 7.22. The Bertz CT molecular complexity index is 395. The van der Waals surface area contributed by atoms with Crippen LogP contribution >= 0.6 is 0 Å². The Morgan fingerprint density at radius 3 is 2.72 bits per heavy atom. The van der Waals surface area contributed by atoms with Crippen molar-refractivity contribution in [1.82, 2.24) is 10.6 Å². The van der Waals surface area contributed by atoms with Crippen molar-refractivity contribution in [2.24, 2.45) is 5.92 Å². The number of carbonyl (C=O) groups is 1. The maximum absolute atomic E-state index is 13.1. The Kier molecular flexibility index (Phi) is 5.78. The standard InChI is InChI=1S/C14H21FN2O/c1-4-16-9-10(2)14(18)17-11(3)12-6-5-7-13(15)8-12/h5-8,10-11,16H,4,9H2,1-3H3,(H,17,18)/t10?,11-/m1/s1. The molecule has 1 aromatic rings. The molecule has 2 N–H and O–H groups in total. The molecule has 18 heavy (non-hydrogen) atoms. The summed E-state index contributed by atoms with van der Waals surface area (Å²) < 4.78 is 13.1. The highest BCUT2D eigenvalue weighted by atomic mass is 19.1. The predicted molar refractivity (Wildman–Crippen MR) is 70.7 cm³/mol. The van der Waals surface area contributed by atoms with Gasteiger partial charge in [-0.3, -0.25) is 4.79 Å². The minimum absolute atomic E-state index is 0.0206. The summed E-state index contributed by atoms with van der Waals surface area (Å²) >= 11 is 0. The van der Waals surface area contributed by atoms with E-state index in [2.05, 4.69) is 10.6 Å². The number of hydrogen-bond donors (Lipinski definition) is 2. The number of rotatable bonds is 6. The van der Waals surface area contributed by atoms with Gasteiger partial charge < -0.3 is 10.6 Å². The van der Waals surface area contributed by atoms with E-state index >= 15 is 0 Å². The first-order chi connectivity index (χ1) is 8.54. The molecule has 4 heteroatoms. The quantitative estimate of drug-likeness (QED) is 0.815. The second kappa shape index (κ2) is 7.11. The molecule has 0 saturated carbocycles. The largest absolute Gasteiger partial charge is 0.349 e. The molecule has 1 rings (SSSR count). The first-order valence-electron chi connectivity index (χ1n) is 6.31. The van der Waals surface area contributed by atoms with Gasteiger partial charge in [-0.05, 0) is 31.2 Å².